The van der Waals surface area contributed by atoms with Crippen molar-refractivity contribution in [2.24, 2.45) is 11.0 Å². The minimum atomic E-state index is -0.967. The predicted octanol–water partition coefficient (Wildman–Crippen LogP) is 3.91. The predicted molar refractivity (Wildman–Crippen MR) is 72.7 cm³/mol. The molecule has 0 aliphatic carbocycles. The number of benzene rings is 1. The maximum absolute atomic E-state index is 8.57. The van der Waals surface area contributed by atoms with E-state index in [1.165, 1.54) is 0 Å². The normalized spacial score (nSPS) is 10.4. The largest absolute Gasteiger partial charge is 0.196 e. The van der Waals surface area contributed by atoms with Crippen molar-refractivity contribution in [3.05, 3.63) is 27.7 Å². The highest BCUT2D eigenvalue weighted by Crippen LogP contribution is 2.32. The summed E-state index contributed by atoms with van der Waals surface area (Å²) >= 11 is 17.8. The Kier molecular flexibility index (Phi) is 5.25. The lowest BCUT2D eigenvalue weighted by Crippen LogP contribution is -2.05. The zero-order chi connectivity index (χ0) is 13.7. The fourth-order valence-electron chi connectivity index (χ4n) is 1.06. The number of anilines is 1. The molecule has 0 unspecified atom stereocenters. The third-order valence-corrected chi connectivity index (χ3v) is 3.00. The van der Waals surface area contributed by atoms with Gasteiger partial charge in [0.25, 0.3) is 0 Å². The van der Waals surface area contributed by atoms with E-state index in [1.807, 2.05) is 0 Å². The molecule has 1 rings (SSSR count). The fourth-order valence-corrected chi connectivity index (χ4v) is 1.75. The molecular formula is C11H7Cl3N4. The standard InChI is InChI=1S/C11H7Cl3N4/c1-7-2-10(13)11(3-9(7)12)18(14)17-6-8(4-15)5-16/h2-3,6,8H,1H3. The molecule has 18 heavy (non-hydrogen) atoms. The van der Waals surface area contributed by atoms with E-state index < -0.39 is 5.92 Å². The van der Waals surface area contributed by atoms with Gasteiger partial charge in [-0.1, -0.05) is 23.2 Å². The van der Waals surface area contributed by atoms with Gasteiger partial charge in [-0.2, -0.15) is 20.2 Å². The second kappa shape index (κ2) is 6.47. The van der Waals surface area contributed by atoms with Crippen molar-refractivity contribution in [1.29, 1.82) is 10.5 Å². The molecule has 0 fully saturated rings. The van der Waals surface area contributed by atoms with Gasteiger partial charge in [0.15, 0.2) is 5.92 Å². The second-order valence-corrected chi connectivity index (χ2v) is 4.45. The van der Waals surface area contributed by atoms with Gasteiger partial charge in [0.05, 0.1) is 29.1 Å². The quantitative estimate of drug-likeness (QED) is 0.483. The van der Waals surface area contributed by atoms with Crippen molar-refractivity contribution >= 4 is 46.9 Å². The third-order valence-electron chi connectivity index (χ3n) is 2.02. The smallest absolute Gasteiger partial charge is 0.170 e. The van der Waals surface area contributed by atoms with Crippen LogP contribution in [-0.2, 0) is 0 Å². The van der Waals surface area contributed by atoms with E-state index in [-0.39, 0.29) is 0 Å². The van der Waals surface area contributed by atoms with E-state index in [0.717, 1.165) is 16.3 Å². The van der Waals surface area contributed by atoms with Crippen molar-refractivity contribution < 1.29 is 0 Å². The number of nitriles is 2. The van der Waals surface area contributed by atoms with Crippen LogP contribution in [0.1, 0.15) is 5.56 Å². The molecule has 0 heterocycles. The summed E-state index contributed by atoms with van der Waals surface area (Å²) in [7, 11) is 0. The van der Waals surface area contributed by atoms with Gasteiger partial charge >= 0.3 is 0 Å². The van der Waals surface area contributed by atoms with Crippen molar-refractivity contribution in [3.63, 3.8) is 0 Å². The molecule has 0 saturated carbocycles. The lowest BCUT2D eigenvalue weighted by Gasteiger charge is -2.12. The van der Waals surface area contributed by atoms with Gasteiger partial charge in [0, 0.05) is 16.8 Å². The summed E-state index contributed by atoms with van der Waals surface area (Å²) in [5, 5.41) is 21.8. The summed E-state index contributed by atoms with van der Waals surface area (Å²) in [5.74, 6) is -0.967. The molecule has 0 saturated heterocycles. The average molecular weight is 302 g/mol. The number of halogens is 3. The molecule has 0 amide bonds. The first kappa shape index (κ1) is 14.6. The topological polar surface area (TPSA) is 63.2 Å². The summed E-state index contributed by atoms with van der Waals surface area (Å²) in [5.41, 5.74) is 1.19. The lowest BCUT2D eigenvalue weighted by molar-refractivity contribution is 1.12. The number of rotatable bonds is 3. The minimum absolute atomic E-state index is 0.370. The van der Waals surface area contributed by atoms with Crippen molar-refractivity contribution in [2.75, 3.05) is 4.53 Å². The molecule has 0 spiro atoms. The van der Waals surface area contributed by atoms with Crippen LogP contribution in [-0.4, -0.2) is 6.21 Å². The minimum Gasteiger partial charge on any atom is -0.196 e. The van der Waals surface area contributed by atoms with Gasteiger partial charge in [-0.05, 0) is 24.6 Å². The Morgan fingerprint density at radius 2 is 1.89 bits per heavy atom. The van der Waals surface area contributed by atoms with Crippen LogP contribution in [0.3, 0.4) is 0 Å². The zero-order valence-corrected chi connectivity index (χ0v) is 11.5. The maximum Gasteiger partial charge on any atom is 0.170 e. The monoisotopic (exact) mass is 300 g/mol. The Hall–Kier alpha value is -1.46. The van der Waals surface area contributed by atoms with E-state index >= 15 is 0 Å². The van der Waals surface area contributed by atoms with Crippen LogP contribution in [0.25, 0.3) is 0 Å². The number of aryl methyl sites for hydroxylation is 1. The molecule has 0 aliphatic rings. The Bertz CT molecular complexity index is 543. The number of nitrogens with zero attached hydrogens (tertiary/aromatic N) is 4. The van der Waals surface area contributed by atoms with Crippen LogP contribution in [0.5, 0.6) is 0 Å². The third kappa shape index (κ3) is 3.51. The molecule has 0 aliphatic heterocycles. The van der Waals surface area contributed by atoms with Gasteiger partial charge in [-0.25, -0.2) is 0 Å². The Labute approximate surface area is 120 Å². The Morgan fingerprint density at radius 3 is 2.44 bits per heavy atom. The molecule has 0 aromatic heterocycles. The van der Waals surface area contributed by atoms with Gasteiger partial charge in [-0.3, -0.25) is 0 Å². The van der Waals surface area contributed by atoms with Gasteiger partial charge < -0.3 is 0 Å². The van der Waals surface area contributed by atoms with E-state index in [2.05, 4.69) is 5.10 Å². The van der Waals surface area contributed by atoms with Crippen LogP contribution >= 0.6 is 35.0 Å². The highest BCUT2D eigenvalue weighted by Gasteiger charge is 2.10. The molecule has 4 nitrogen and oxygen atoms in total. The van der Waals surface area contributed by atoms with E-state index in [1.54, 1.807) is 31.2 Å². The van der Waals surface area contributed by atoms with E-state index in [4.69, 9.17) is 45.5 Å². The van der Waals surface area contributed by atoms with Crippen LogP contribution in [0.4, 0.5) is 5.69 Å². The molecule has 0 N–H and O–H groups in total. The van der Waals surface area contributed by atoms with Crippen molar-refractivity contribution in [2.45, 2.75) is 6.92 Å². The highest BCUT2D eigenvalue weighted by atomic mass is 35.5. The van der Waals surface area contributed by atoms with Gasteiger partial charge in [0.2, 0.25) is 0 Å². The molecule has 0 atom stereocenters. The Balaban J connectivity index is 2.99. The SMILES string of the molecule is Cc1cc(Cl)c(N(Cl)N=CC(C#N)C#N)cc1Cl. The van der Waals surface area contributed by atoms with Gasteiger partial charge in [-0.15, -0.1) is 0 Å². The summed E-state index contributed by atoms with van der Waals surface area (Å²) in [6, 6.07) is 6.68. The van der Waals surface area contributed by atoms with Crippen molar-refractivity contribution in [1.82, 2.24) is 0 Å². The highest BCUT2D eigenvalue weighted by molar-refractivity contribution is 6.38. The maximum atomic E-state index is 8.57. The average Bonchev–Trinajstić information content (AvgIpc) is 2.34. The molecule has 92 valence electrons. The summed E-state index contributed by atoms with van der Waals surface area (Å²) < 4.78 is 0.940. The van der Waals surface area contributed by atoms with Crippen LogP contribution < -0.4 is 4.53 Å². The van der Waals surface area contributed by atoms with Crippen molar-refractivity contribution in [3.8, 4) is 12.1 Å². The number of hydrogen-bond acceptors (Lipinski definition) is 4. The first-order chi connectivity index (χ1) is 8.49. The fraction of sp³-hybridized carbons (Fsp3) is 0.182. The number of hydrogen-bond donors (Lipinski definition) is 0. The lowest BCUT2D eigenvalue weighted by atomic mass is 10.2. The van der Waals surface area contributed by atoms with E-state index in [0.29, 0.717) is 15.7 Å². The molecule has 0 bridgehead atoms. The molecular weight excluding hydrogens is 295 g/mol. The summed E-state index contributed by atoms with van der Waals surface area (Å²) in [4.78, 5) is 0. The zero-order valence-electron chi connectivity index (χ0n) is 9.23. The first-order valence-electron chi connectivity index (χ1n) is 4.74. The molecule has 1 aromatic rings. The molecule has 1 aromatic carbocycles. The molecule has 0 radical (unpaired) electrons. The number of hydrazone groups is 1. The van der Waals surface area contributed by atoms with E-state index in [9.17, 15) is 0 Å². The Morgan fingerprint density at radius 1 is 1.28 bits per heavy atom. The van der Waals surface area contributed by atoms with Gasteiger partial charge in [0.1, 0.15) is 0 Å². The first-order valence-corrected chi connectivity index (χ1v) is 5.84. The van der Waals surface area contributed by atoms with Crippen LogP contribution in [0.2, 0.25) is 10.0 Å². The van der Waals surface area contributed by atoms with Crippen LogP contribution in [0, 0.1) is 35.5 Å². The summed E-state index contributed by atoms with van der Waals surface area (Å²) in [6.45, 7) is 1.81. The summed E-state index contributed by atoms with van der Waals surface area (Å²) in [6.07, 6.45) is 1.12. The second-order valence-electron chi connectivity index (χ2n) is 3.31. The van der Waals surface area contributed by atoms with Crippen LogP contribution in [0.15, 0.2) is 17.2 Å². The molecule has 7 heteroatoms.